The number of carbonyl (C=O) groups is 1. The topological polar surface area (TPSA) is 119 Å². The standard InChI is InChI=1S/C16H22N2O6S.ClH/c17-12-3-2-11(16(19)20)9-18(10-12)25(21,22)13-4-5-14-15(8-13)24-7-1-6-23-14;/h4-5,8,11-12H,1-3,6-7,9-10,17H2,(H,19,20);1H/t11-,12+;/m0./s1. The number of halogens is 1. The first-order valence-electron chi connectivity index (χ1n) is 8.26. The summed E-state index contributed by atoms with van der Waals surface area (Å²) in [4.78, 5) is 11.4. The van der Waals surface area contributed by atoms with Crippen LogP contribution in [0.25, 0.3) is 0 Å². The van der Waals surface area contributed by atoms with E-state index in [1.807, 2.05) is 0 Å². The Morgan fingerprint density at radius 1 is 1.15 bits per heavy atom. The van der Waals surface area contributed by atoms with Crippen molar-refractivity contribution >= 4 is 28.4 Å². The van der Waals surface area contributed by atoms with Crippen LogP contribution in [0.1, 0.15) is 19.3 Å². The normalized spacial score (nSPS) is 24.0. The molecule has 8 nitrogen and oxygen atoms in total. The minimum absolute atomic E-state index is 0. The molecule has 1 saturated heterocycles. The molecule has 10 heteroatoms. The number of nitrogens with zero attached hydrogens (tertiary/aromatic N) is 1. The Kier molecular flexibility index (Phi) is 6.73. The summed E-state index contributed by atoms with van der Waals surface area (Å²) in [5.74, 6) is -0.878. The molecule has 0 radical (unpaired) electrons. The fourth-order valence-electron chi connectivity index (χ4n) is 3.03. The van der Waals surface area contributed by atoms with Gasteiger partial charge in [0.1, 0.15) is 0 Å². The molecule has 2 aliphatic heterocycles. The lowest BCUT2D eigenvalue weighted by molar-refractivity contribution is -0.142. The molecule has 0 saturated carbocycles. The van der Waals surface area contributed by atoms with Gasteiger partial charge in [-0.1, -0.05) is 0 Å². The molecule has 1 aromatic rings. The van der Waals surface area contributed by atoms with Crippen LogP contribution in [0.4, 0.5) is 0 Å². The van der Waals surface area contributed by atoms with E-state index in [-0.39, 0.29) is 36.4 Å². The number of sulfonamides is 1. The summed E-state index contributed by atoms with van der Waals surface area (Å²) in [6.07, 6.45) is 1.56. The lowest BCUT2D eigenvalue weighted by atomic mass is 10.0. The molecule has 1 aromatic carbocycles. The molecule has 1 fully saturated rings. The highest BCUT2D eigenvalue weighted by Gasteiger charge is 2.34. The summed E-state index contributed by atoms with van der Waals surface area (Å²) < 4.78 is 38.2. The number of hydrogen-bond acceptors (Lipinski definition) is 6. The third-order valence-corrected chi connectivity index (χ3v) is 6.28. The van der Waals surface area contributed by atoms with E-state index in [4.69, 9.17) is 15.2 Å². The number of nitrogens with two attached hydrogens (primary N) is 1. The predicted molar refractivity (Wildman–Crippen MR) is 96.4 cm³/mol. The van der Waals surface area contributed by atoms with E-state index in [1.165, 1.54) is 16.4 Å². The van der Waals surface area contributed by atoms with E-state index >= 15 is 0 Å². The maximum atomic E-state index is 13.0. The second kappa shape index (κ2) is 8.43. The van der Waals surface area contributed by atoms with Crippen molar-refractivity contribution in [3.63, 3.8) is 0 Å². The van der Waals surface area contributed by atoms with Crippen LogP contribution in [0.2, 0.25) is 0 Å². The molecule has 2 atom stereocenters. The molecule has 3 rings (SSSR count). The zero-order valence-corrected chi connectivity index (χ0v) is 15.8. The van der Waals surface area contributed by atoms with Crippen molar-refractivity contribution in [2.24, 2.45) is 11.7 Å². The maximum absolute atomic E-state index is 13.0. The molecule has 0 aromatic heterocycles. The van der Waals surface area contributed by atoms with Crippen molar-refractivity contribution in [1.82, 2.24) is 4.31 Å². The van der Waals surface area contributed by atoms with Crippen molar-refractivity contribution in [1.29, 1.82) is 0 Å². The van der Waals surface area contributed by atoms with Gasteiger partial charge in [0, 0.05) is 31.6 Å². The molecule has 2 heterocycles. The van der Waals surface area contributed by atoms with Crippen LogP contribution in [0.15, 0.2) is 23.1 Å². The summed E-state index contributed by atoms with van der Waals surface area (Å²) in [6, 6.07) is 4.07. The van der Waals surface area contributed by atoms with Crippen LogP contribution in [0.3, 0.4) is 0 Å². The van der Waals surface area contributed by atoms with Gasteiger partial charge < -0.3 is 20.3 Å². The summed E-state index contributed by atoms with van der Waals surface area (Å²) >= 11 is 0. The third kappa shape index (κ3) is 4.40. The first kappa shape index (κ1) is 20.8. The number of aliphatic carboxylic acids is 1. The van der Waals surface area contributed by atoms with Gasteiger partial charge in [-0.15, -0.1) is 12.4 Å². The van der Waals surface area contributed by atoms with E-state index < -0.39 is 21.9 Å². The van der Waals surface area contributed by atoms with Gasteiger partial charge in [-0.2, -0.15) is 4.31 Å². The second-order valence-electron chi connectivity index (χ2n) is 6.35. The number of carboxylic acid groups (broad SMARTS) is 1. The van der Waals surface area contributed by atoms with Crippen LogP contribution in [0, 0.1) is 5.92 Å². The smallest absolute Gasteiger partial charge is 0.307 e. The van der Waals surface area contributed by atoms with Crippen molar-refractivity contribution in [2.75, 3.05) is 26.3 Å². The Morgan fingerprint density at radius 3 is 2.54 bits per heavy atom. The highest BCUT2D eigenvalue weighted by Crippen LogP contribution is 2.33. The molecular formula is C16H23ClN2O6S. The molecule has 0 spiro atoms. The summed E-state index contributed by atoms with van der Waals surface area (Å²) in [5.41, 5.74) is 5.95. The van der Waals surface area contributed by atoms with Gasteiger partial charge in [0.25, 0.3) is 0 Å². The molecule has 0 aliphatic carbocycles. The number of ether oxygens (including phenoxy) is 2. The predicted octanol–water partition coefficient (Wildman–Crippen LogP) is 1.08. The van der Waals surface area contributed by atoms with E-state index in [0.717, 1.165) is 6.42 Å². The van der Waals surface area contributed by atoms with Crippen LogP contribution < -0.4 is 15.2 Å². The van der Waals surface area contributed by atoms with Crippen molar-refractivity contribution < 1.29 is 27.8 Å². The van der Waals surface area contributed by atoms with Crippen LogP contribution >= 0.6 is 12.4 Å². The quantitative estimate of drug-likeness (QED) is 0.770. The molecule has 0 bridgehead atoms. The highest BCUT2D eigenvalue weighted by atomic mass is 35.5. The lowest BCUT2D eigenvalue weighted by Crippen LogP contribution is -2.41. The minimum atomic E-state index is -3.88. The van der Waals surface area contributed by atoms with Crippen LogP contribution in [-0.4, -0.2) is 56.1 Å². The fourth-order valence-corrected chi connectivity index (χ4v) is 4.59. The van der Waals surface area contributed by atoms with Crippen LogP contribution in [0.5, 0.6) is 11.5 Å². The van der Waals surface area contributed by atoms with Gasteiger partial charge in [-0.05, 0) is 25.0 Å². The number of carboxylic acids is 1. The van der Waals surface area contributed by atoms with E-state index in [0.29, 0.717) is 37.6 Å². The molecular weight excluding hydrogens is 384 g/mol. The largest absolute Gasteiger partial charge is 0.490 e. The number of rotatable bonds is 3. The number of fused-ring (bicyclic) bond motifs is 1. The van der Waals surface area contributed by atoms with Gasteiger partial charge in [0.05, 0.1) is 24.0 Å². The van der Waals surface area contributed by atoms with Crippen molar-refractivity contribution in [3.05, 3.63) is 18.2 Å². The van der Waals surface area contributed by atoms with Crippen LogP contribution in [-0.2, 0) is 14.8 Å². The van der Waals surface area contributed by atoms with E-state index in [2.05, 4.69) is 0 Å². The molecule has 0 amide bonds. The molecule has 146 valence electrons. The van der Waals surface area contributed by atoms with E-state index in [9.17, 15) is 18.3 Å². The molecule has 3 N–H and O–H groups in total. The van der Waals surface area contributed by atoms with Gasteiger partial charge in [-0.25, -0.2) is 8.42 Å². The first-order valence-corrected chi connectivity index (χ1v) is 9.70. The molecule has 2 aliphatic rings. The minimum Gasteiger partial charge on any atom is -0.490 e. The van der Waals surface area contributed by atoms with E-state index in [1.54, 1.807) is 6.07 Å². The zero-order chi connectivity index (χ0) is 18.0. The summed E-state index contributed by atoms with van der Waals surface area (Å²) in [7, 11) is -3.88. The van der Waals surface area contributed by atoms with Crippen molar-refractivity contribution in [2.45, 2.75) is 30.2 Å². The fraction of sp³-hybridized carbons (Fsp3) is 0.562. The Bertz CT molecular complexity index is 757. The monoisotopic (exact) mass is 406 g/mol. The third-order valence-electron chi connectivity index (χ3n) is 4.45. The van der Waals surface area contributed by atoms with Gasteiger partial charge in [0.15, 0.2) is 11.5 Å². The molecule has 0 unspecified atom stereocenters. The average molecular weight is 407 g/mol. The molecule has 26 heavy (non-hydrogen) atoms. The first-order chi connectivity index (χ1) is 11.9. The maximum Gasteiger partial charge on any atom is 0.307 e. The van der Waals surface area contributed by atoms with Gasteiger partial charge in [0.2, 0.25) is 10.0 Å². The lowest BCUT2D eigenvalue weighted by Gasteiger charge is -2.24. The number of benzene rings is 1. The Balaban J connectivity index is 0.00000243. The Morgan fingerprint density at radius 2 is 1.85 bits per heavy atom. The summed E-state index contributed by atoms with van der Waals surface area (Å²) in [5, 5.41) is 9.29. The SMILES string of the molecule is Cl.N[C@@H]1CC[C@H](C(=O)O)CN(S(=O)(=O)c2ccc3c(c2)OCCCO3)C1. The Labute approximate surface area is 158 Å². The second-order valence-corrected chi connectivity index (χ2v) is 8.29. The van der Waals surface area contributed by atoms with Gasteiger partial charge >= 0.3 is 5.97 Å². The average Bonchev–Trinajstić information content (AvgIpc) is 2.92. The summed E-state index contributed by atoms with van der Waals surface area (Å²) in [6.45, 7) is 0.979. The highest BCUT2D eigenvalue weighted by molar-refractivity contribution is 7.89. The van der Waals surface area contributed by atoms with Gasteiger partial charge in [-0.3, -0.25) is 4.79 Å². The number of hydrogen-bond donors (Lipinski definition) is 2. The van der Waals surface area contributed by atoms with Crippen molar-refractivity contribution in [3.8, 4) is 11.5 Å². The Hall–Kier alpha value is -1.55. The zero-order valence-electron chi connectivity index (χ0n) is 14.2.